The molecule has 2 aromatic carbocycles. The van der Waals surface area contributed by atoms with Crippen molar-refractivity contribution in [2.24, 2.45) is 0 Å². The van der Waals surface area contributed by atoms with Crippen molar-refractivity contribution in [1.82, 2.24) is 9.21 Å². The Morgan fingerprint density at radius 3 is 2.21 bits per heavy atom. The summed E-state index contributed by atoms with van der Waals surface area (Å²) in [5.41, 5.74) is 1.85. The molecule has 8 nitrogen and oxygen atoms in total. The highest BCUT2D eigenvalue weighted by molar-refractivity contribution is 7.89. The Hall–Kier alpha value is -3.04. The second-order valence-corrected chi connectivity index (χ2v) is 10.1. The van der Waals surface area contributed by atoms with Crippen molar-refractivity contribution in [3.8, 4) is 17.2 Å². The number of hydrogen-bond donors (Lipinski definition) is 0. The van der Waals surface area contributed by atoms with Gasteiger partial charge in [0.05, 0.1) is 31.8 Å². The molecule has 182 valence electrons. The zero-order valence-corrected chi connectivity index (χ0v) is 20.5. The van der Waals surface area contributed by atoms with E-state index >= 15 is 0 Å². The molecule has 1 amide bonds. The van der Waals surface area contributed by atoms with Gasteiger partial charge in [0.2, 0.25) is 15.9 Å². The summed E-state index contributed by atoms with van der Waals surface area (Å²) in [6, 6.07) is 11.2. The van der Waals surface area contributed by atoms with Crippen molar-refractivity contribution in [2.75, 3.05) is 41.0 Å². The van der Waals surface area contributed by atoms with Gasteiger partial charge in [-0.3, -0.25) is 4.79 Å². The van der Waals surface area contributed by atoms with E-state index in [9.17, 15) is 13.2 Å². The van der Waals surface area contributed by atoms with Crippen molar-refractivity contribution < 1.29 is 27.4 Å². The van der Waals surface area contributed by atoms with Gasteiger partial charge < -0.3 is 19.1 Å². The van der Waals surface area contributed by atoms with Crippen LogP contribution in [0.1, 0.15) is 24.8 Å². The van der Waals surface area contributed by atoms with Crippen molar-refractivity contribution in [3.05, 3.63) is 54.1 Å². The number of ether oxygens (including phenoxy) is 3. The molecular weight excluding hydrogens is 456 g/mol. The lowest BCUT2D eigenvalue weighted by Crippen LogP contribution is -2.48. The Bertz CT molecular complexity index is 1150. The Kier molecular flexibility index (Phi) is 7.13. The highest BCUT2D eigenvalue weighted by Crippen LogP contribution is 2.41. The Morgan fingerprint density at radius 1 is 0.971 bits per heavy atom. The zero-order valence-electron chi connectivity index (χ0n) is 19.7. The normalized spacial score (nSPS) is 19.0. The van der Waals surface area contributed by atoms with Crippen LogP contribution < -0.4 is 14.2 Å². The molecule has 2 aliphatic heterocycles. The number of carbonyl (C=O) groups is 1. The van der Waals surface area contributed by atoms with Gasteiger partial charge in [-0.15, -0.1) is 0 Å². The zero-order chi connectivity index (χ0) is 24.3. The summed E-state index contributed by atoms with van der Waals surface area (Å²) >= 11 is 0. The SMILES string of the molecule is COc1cc(OC)c(C2=CCN(C(=O)C3CCCN3S(=O)(=O)c3ccccc3)CC2)c(OC)c1. The largest absolute Gasteiger partial charge is 0.496 e. The van der Waals surface area contributed by atoms with Gasteiger partial charge in [0, 0.05) is 31.8 Å². The van der Waals surface area contributed by atoms with E-state index in [1.165, 1.54) is 4.31 Å². The molecule has 0 radical (unpaired) electrons. The number of nitrogens with zero attached hydrogens (tertiary/aromatic N) is 2. The number of benzene rings is 2. The fraction of sp³-hybridized carbons (Fsp3) is 0.400. The molecular formula is C25H30N2O6S. The van der Waals surface area contributed by atoms with E-state index in [2.05, 4.69) is 0 Å². The summed E-state index contributed by atoms with van der Waals surface area (Å²) in [7, 11) is 1.05. The highest BCUT2D eigenvalue weighted by Gasteiger charge is 2.41. The molecule has 1 atom stereocenters. The maximum Gasteiger partial charge on any atom is 0.243 e. The van der Waals surface area contributed by atoms with E-state index in [4.69, 9.17) is 14.2 Å². The van der Waals surface area contributed by atoms with E-state index in [1.54, 1.807) is 68.7 Å². The molecule has 1 saturated heterocycles. The fourth-order valence-corrected chi connectivity index (χ4v) is 6.30. The summed E-state index contributed by atoms with van der Waals surface area (Å²) < 4.78 is 44.2. The third-order valence-corrected chi connectivity index (χ3v) is 8.32. The minimum atomic E-state index is -3.72. The second kappa shape index (κ2) is 10.1. The first kappa shape index (κ1) is 24.1. The second-order valence-electron chi connectivity index (χ2n) is 8.26. The molecule has 0 spiro atoms. The lowest BCUT2D eigenvalue weighted by atomic mass is 9.96. The number of rotatable bonds is 7. The molecule has 1 unspecified atom stereocenters. The van der Waals surface area contributed by atoms with E-state index in [0.29, 0.717) is 56.1 Å². The topological polar surface area (TPSA) is 85.4 Å². The third-order valence-electron chi connectivity index (χ3n) is 6.40. The number of amides is 1. The summed E-state index contributed by atoms with van der Waals surface area (Å²) in [6.07, 6.45) is 3.78. The molecule has 4 rings (SSSR count). The van der Waals surface area contributed by atoms with Gasteiger partial charge in [0.1, 0.15) is 23.3 Å². The number of hydrogen-bond acceptors (Lipinski definition) is 6. The first-order valence-corrected chi connectivity index (χ1v) is 12.7. The van der Waals surface area contributed by atoms with Crippen LogP contribution in [0.25, 0.3) is 5.57 Å². The Labute approximate surface area is 200 Å². The minimum absolute atomic E-state index is 0.152. The molecule has 0 aliphatic carbocycles. The molecule has 2 aliphatic rings. The van der Waals surface area contributed by atoms with Gasteiger partial charge in [-0.2, -0.15) is 4.31 Å². The number of sulfonamides is 1. The van der Waals surface area contributed by atoms with Crippen molar-refractivity contribution in [2.45, 2.75) is 30.2 Å². The van der Waals surface area contributed by atoms with E-state index in [-0.39, 0.29) is 10.8 Å². The summed E-state index contributed by atoms with van der Waals surface area (Å²) in [4.78, 5) is 15.3. The molecule has 0 N–H and O–H groups in total. The van der Waals surface area contributed by atoms with Crippen LogP contribution in [0.2, 0.25) is 0 Å². The third kappa shape index (κ3) is 4.50. The van der Waals surface area contributed by atoms with Crippen LogP contribution in [-0.4, -0.2) is 70.5 Å². The van der Waals surface area contributed by atoms with Crippen molar-refractivity contribution in [3.63, 3.8) is 0 Å². The summed E-state index contributed by atoms with van der Waals surface area (Å²) in [6.45, 7) is 1.23. The minimum Gasteiger partial charge on any atom is -0.496 e. The lowest BCUT2D eigenvalue weighted by molar-refractivity contribution is -0.134. The van der Waals surface area contributed by atoms with Gasteiger partial charge in [0.15, 0.2) is 0 Å². The van der Waals surface area contributed by atoms with Crippen LogP contribution in [0.3, 0.4) is 0 Å². The highest BCUT2D eigenvalue weighted by atomic mass is 32.2. The van der Waals surface area contributed by atoms with Gasteiger partial charge in [-0.05, 0) is 37.0 Å². The predicted molar refractivity (Wildman–Crippen MR) is 129 cm³/mol. The molecule has 2 aromatic rings. The van der Waals surface area contributed by atoms with Crippen LogP contribution in [0.5, 0.6) is 17.2 Å². The van der Waals surface area contributed by atoms with Crippen LogP contribution in [0.15, 0.2) is 53.4 Å². The van der Waals surface area contributed by atoms with Crippen LogP contribution >= 0.6 is 0 Å². The molecule has 0 bridgehead atoms. The van der Waals surface area contributed by atoms with E-state index in [1.807, 2.05) is 6.08 Å². The Morgan fingerprint density at radius 2 is 1.65 bits per heavy atom. The fourth-order valence-electron chi connectivity index (χ4n) is 4.63. The molecule has 1 fully saturated rings. The number of carbonyl (C=O) groups excluding carboxylic acids is 1. The molecule has 0 saturated carbocycles. The van der Waals surface area contributed by atoms with E-state index < -0.39 is 16.1 Å². The Balaban J connectivity index is 1.54. The first-order chi connectivity index (χ1) is 16.4. The lowest BCUT2D eigenvalue weighted by Gasteiger charge is -2.32. The van der Waals surface area contributed by atoms with E-state index in [0.717, 1.165) is 11.1 Å². The average Bonchev–Trinajstić information content (AvgIpc) is 3.39. The van der Waals surface area contributed by atoms with Gasteiger partial charge >= 0.3 is 0 Å². The van der Waals surface area contributed by atoms with Crippen molar-refractivity contribution in [1.29, 1.82) is 0 Å². The quantitative estimate of drug-likeness (QED) is 0.598. The molecule has 2 heterocycles. The van der Waals surface area contributed by atoms with Gasteiger partial charge in [-0.25, -0.2) is 8.42 Å². The predicted octanol–water partition coefficient (Wildman–Crippen LogP) is 3.18. The van der Waals surface area contributed by atoms with Crippen LogP contribution in [0, 0.1) is 0 Å². The molecule has 0 aromatic heterocycles. The monoisotopic (exact) mass is 486 g/mol. The van der Waals surface area contributed by atoms with Gasteiger partial charge in [0.25, 0.3) is 0 Å². The molecule has 9 heteroatoms. The van der Waals surface area contributed by atoms with Crippen LogP contribution in [0.4, 0.5) is 0 Å². The standard InChI is InChI=1S/C25H30N2O6S/c1-31-19-16-22(32-2)24(23(17-19)33-3)18-11-14-26(15-12-18)25(28)21-10-7-13-27(21)34(29,30)20-8-5-4-6-9-20/h4-6,8-9,11,16-17,21H,7,10,12-15H2,1-3H3. The van der Waals surface area contributed by atoms with Crippen molar-refractivity contribution >= 4 is 21.5 Å². The first-order valence-electron chi connectivity index (χ1n) is 11.3. The van der Waals surface area contributed by atoms with Crippen LogP contribution in [-0.2, 0) is 14.8 Å². The average molecular weight is 487 g/mol. The summed E-state index contributed by atoms with van der Waals surface area (Å²) in [5.74, 6) is 1.75. The maximum absolute atomic E-state index is 13.4. The maximum atomic E-state index is 13.4. The van der Waals surface area contributed by atoms with Gasteiger partial charge in [-0.1, -0.05) is 24.3 Å². The number of methoxy groups -OCH3 is 3. The smallest absolute Gasteiger partial charge is 0.243 e. The summed E-state index contributed by atoms with van der Waals surface area (Å²) in [5, 5.41) is 0. The molecule has 34 heavy (non-hydrogen) atoms.